The van der Waals surface area contributed by atoms with Gasteiger partial charge in [-0.3, -0.25) is 0 Å². The smallest absolute Gasteiger partial charge is 0.465 e. The van der Waals surface area contributed by atoms with Crippen molar-refractivity contribution in [2.75, 3.05) is 0 Å². The van der Waals surface area contributed by atoms with E-state index in [0.29, 0.717) is 19.3 Å². The van der Waals surface area contributed by atoms with Crippen molar-refractivity contribution in [2.45, 2.75) is 31.6 Å². The van der Waals surface area contributed by atoms with Crippen LogP contribution in [0.5, 0.6) is 0 Å². The molecule has 0 bridgehead atoms. The number of hydrogen-bond donors (Lipinski definition) is 1. The normalized spacial score (nSPS) is 18.6. The third-order valence-corrected chi connectivity index (χ3v) is 1.92. The third-order valence-electron chi connectivity index (χ3n) is 1.92. The Morgan fingerprint density at radius 2 is 1.92 bits per heavy atom. The fourth-order valence-electron chi connectivity index (χ4n) is 1.12. The van der Waals surface area contributed by atoms with Crippen LogP contribution >= 0.6 is 0 Å². The van der Waals surface area contributed by atoms with Gasteiger partial charge in [-0.15, -0.1) is 13.2 Å². The molecule has 1 rings (SSSR count). The molecule has 70 valence electrons. The van der Waals surface area contributed by atoms with Crippen molar-refractivity contribution >= 4 is 6.09 Å². The Kier molecular flexibility index (Phi) is 2.16. The maximum atomic E-state index is 12.0. The van der Waals surface area contributed by atoms with Crippen molar-refractivity contribution in [3.63, 3.8) is 0 Å². The van der Waals surface area contributed by atoms with Gasteiger partial charge in [0.05, 0.1) is 0 Å². The number of halogens is 3. The number of rotatable bonds is 1. The molecule has 0 heterocycles. The Balaban J connectivity index is 2.67. The van der Waals surface area contributed by atoms with Crippen LogP contribution in [0.3, 0.4) is 0 Å². The molecule has 3 nitrogen and oxygen atoms in total. The molecule has 0 aromatic rings. The maximum Gasteiger partial charge on any atom is 0.490 e. The second-order valence-electron chi connectivity index (χ2n) is 2.71. The highest BCUT2D eigenvalue weighted by Gasteiger charge is 2.47. The van der Waals surface area contributed by atoms with E-state index in [1.165, 1.54) is 0 Å². The minimum atomic E-state index is -4.75. The fourth-order valence-corrected chi connectivity index (χ4v) is 1.12. The molecule has 0 atom stereocenters. The first-order valence-electron chi connectivity index (χ1n) is 3.52. The SMILES string of the molecule is O=C(O)N(C1CCC1)C(F)(F)F. The molecule has 0 spiro atoms. The van der Waals surface area contributed by atoms with Crippen molar-refractivity contribution in [3.05, 3.63) is 0 Å². The average molecular weight is 183 g/mol. The maximum absolute atomic E-state index is 12.0. The standard InChI is InChI=1S/C6H8F3NO2/c7-6(8,9)10(5(11)12)4-2-1-3-4/h4H,1-3H2,(H,11,12). The lowest BCUT2D eigenvalue weighted by Gasteiger charge is -2.36. The summed E-state index contributed by atoms with van der Waals surface area (Å²) in [4.78, 5) is 9.77. The second kappa shape index (κ2) is 2.84. The fraction of sp³-hybridized carbons (Fsp3) is 0.833. The molecular weight excluding hydrogens is 175 g/mol. The van der Waals surface area contributed by atoms with Crippen LogP contribution < -0.4 is 0 Å². The van der Waals surface area contributed by atoms with Crippen molar-refractivity contribution in [2.24, 2.45) is 0 Å². The van der Waals surface area contributed by atoms with Gasteiger partial charge in [0.25, 0.3) is 0 Å². The highest BCUT2D eigenvalue weighted by molar-refractivity contribution is 5.66. The van der Waals surface area contributed by atoms with Gasteiger partial charge in [-0.1, -0.05) is 0 Å². The van der Waals surface area contributed by atoms with Crippen molar-refractivity contribution in [1.82, 2.24) is 4.90 Å². The van der Waals surface area contributed by atoms with Gasteiger partial charge in [-0.05, 0) is 19.3 Å². The number of alkyl halides is 3. The Hall–Kier alpha value is -0.940. The van der Waals surface area contributed by atoms with Crippen molar-refractivity contribution < 1.29 is 23.1 Å². The molecule has 1 aliphatic carbocycles. The summed E-state index contributed by atoms with van der Waals surface area (Å²) in [5.74, 6) is 0. The number of nitrogens with zero attached hydrogens (tertiary/aromatic N) is 1. The summed E-state index contributed by atoms with van der Waals surface area (Å²) in [6.07, 6.45) is -5.37. The van der Waals surface area contributed by atoms with Gasteiger partial charge in [0, 0.05) is 6.04 Å². The van der Waals surface area contributed by atoms with Gasteiger partial charge in [0.2, 0.25) is 0 Å². The van der Waals surface area contributed by atoms with E-state index in [1.807, 2.05) is 0 Å². The van der Waals surface area contributed by atoms with Crippen LogP contribution in [0.15, 0.2) is 0 Å². The summed E-state index contributed by atoms with van der Waals surface area (Å²) < 4.78 is 36.0. The molecule has 1 amide bonds. The number of carboxylic acid groups (broad SMARTS) is 1. The number of carbonyl (C=O) groups is 1. The zero-order valence-corrected chi connectivity index (χ0v) is 6.14. The Morgan fingerprint density at radius 1 is 1.42 bits per heavy atom. The molecule has 6 heteroatoms. The van der Waals surface area contributed by atoms with Gasteiger partial charge >= 0.3 is 12.4 Å². The largest absolute Gasteiger partial charge is 0.490 e. The molecule has 0 aromatic carbocycles. The highest BCUT2D eigenvalue weighted by atomic mass is 19.4. The van der Waals surface area contributed by atoms with Crippen LogP contribution in [0.2, 0.25) is 0 Å². The van der Waals surface area contributed by atoms with Crippen LogP contribution in [0, 0.1) is 0 Å². The second-order valence-corrected chi connectivity index (χ2v) is 2.71. The van der Waals surface area contributed by atoms with Gasteiger partial charge in [0.15, 0.2) is 0 Å². The van der Waals surface area contributed by atoms with Crippen LogP contribution in [0.1, 0.15) is 19.3 Å². The van der Waals surface area contributed by atoms with E-state index in [9.17, 15) is 18.0 Å². The van der Waals surface area contributed by atoms with Crippen LogP contribution in [-0.2, 0) is 0 Å². The minimum absolute atomic E-state index is 0.311. The molecule has 0 radical (unpaired) electrons. The Bertz CT molecular complexity index is 188. The van der Waals surface area contributed by atoms with Gasteiger partial charge in [-0.2, -0.15) is 0 Å². The monoisotopic (exact) mass is 183 g/mol. The predicted octanol–water partition coefficient (Wildman–Crippen LogP) is 2.04. The van der Waals surface area contributed by atoms with E-state index in [4.69, 9.17) is 5.11 Å². The van der Waals surface area contributed by atoms with Gasteiger partial charge < -0.3 is 5.11 Å². The first kappa shape index (κ1) is 9.15. The van der Waals surface area contributed by atoms with E-state index < -0.39 is 23.3 Å². The molecule has 1 N–H and O–H groups in total. The quantitative estimate of drug-likeness (QED) is 0.632. The van der Waals surface area contributed by atoms with E-state index >= 15 is 0 Å². The summed E-state index contributed by atoms with van der Waals surface area (Å²) in [6.45, 7) is 0. The molecule has 0 aliphatic heterocycles. The van der Waals surface area contributed by atoms with Crippen molar-refractivity contribution in [1.29, 1.82) is 0 Å². The van der Waals surface area contributed by atoms with E-state index in [0.717, 1.165) is 0 Å². The summed E-state index contributed by atoms with van der Waals surface area (Å²) in [5, 5.41) is 8.25. The summed E-state index contributed by atoms with van der Waals surface area (Å²) in [6, 6.07) is -0.859. The molecule has 1 aliphatic rings. The molecule has 0 saturated heterocycles. The summed E-state index contributed by atoms with van der Waals surface area (Å²) in [7, 11) is 0. The first-order chi connectivity index (χ1) is 5.43. The first-order valence-corrected chi connectivity index (χ1v) is 3.52. The summed E-state index contributed by atoms with van der Waals surface area (Å²) in [5.41, 5.74) is 0. The summed E-state index contributed by atoms with van der Waals surface area (Å²) >= 11 is 0. The topological polar surface area (TPSA) is 40.5 Å². The Labute approximate surface area is 66.8 Å². The van der Waals surface area contributed by atoms with Crippen LogP contribution in [0.25, 0.3) is 0 Å². The lowest BCUT2D eigenvalue weighted by molar-refractivity contribution is -0.246. The molecule has 0 unspecified atom stereocenters. The average Bonchev–Trinajstić information content (AvgIpc) is 1.73. The lowest BCUT2D eigenvalue weighted by atomic mass is 9.92. The van der Waals surface area contributed by atoms with Crippen LogP contribution in [-0.4, -0.2) is 28.4 Å². The molecular formula is C6H8F3NO2. The number of amides is 1. The van der Waals surface area contributed by atoms with Gasteiger partial charge in [0.1, 0.15) is 0 Å². The highest BCUT2D eigenvalue weighted by Crippen LogP contribution is 2.33. The van der Waals surface area contributed by atoms with Crippen molar-refractivity contribution in [3.8, 4) is 0 Å². The predicted molar refractivity (Wildman–Crippen MR) is 33.6 cm³/mol. The van der Waals surface area contributed by atoms with E-state index in [-0.39, 0.29) is 0 Å². The van der Waals surface area contributed by atoms with Gasteiger partial charge in [-0.25, -0.2) is 9.69 Å². The third kappa shape index (κ3) is 1.62. The molecule has 12 heavy (non-hydrogen) atoms. The van der Waals surface area contributed by atoms with E-state index in [2.05, 4.69) is 0 Å². The van der Waals surface area contributed by atoms with E-state index in [1.54, 1.807) is 0 Å². The molecule has 1 saturated carbocycles. The molecule has 1 fully saturated rings. The Morgan fingerprint density at radius 3 is 2.00 bits per heavy atom. The number of hydrogen-bond acceptors (Lipinski definition) is 1. The lowest BCUT2D eigenvalue weighted by Crippen LogP contribution is -2.51. The minimum Gasteiger partial charge on any atom is -0.465 e. The zero-order valence-electron chi connectivity index (χ0n) is 6.14. The van der Waals surface area contributed by atoms with Crippen LogP contribution in [0.4, 0.5) is 18.0 Å². The molecule has 0 aromatic heterocycles. The zero-order chi connectivity index (χ0) is 9.35.